The first-order valence-corrected chi connectivity index (χ1v) is 6.74. The molecule has 0 radical (unpaired) electrons. The van der Waals surface area contributed by atoms with Crippen LogP contribution in [0.15, 0.2) is 36.4 Å². The van der Waals surface area contributed by atoms with E-state index in [0.717, 1.165) is 0 Å². The van der Waals surface area contributed by atoms with E-state index in [2.05, 4.69) is 4.28 Å². The van der Waals surface area contributed by atoms with Gasteiger partial charge in [0.1, 0.15) is 0 Å². The molecule has 2 amide bonds. The zero-order valence-corrected chi connectivity index (χ0v) is 10.6. The number of nitrogens with zero attached hydrogens (tertiary/aromatic N) is 1. The monoisotopic (exact) mass is 295 g/mol. The quantitative estimate of drug-likeness (QED) is 0.620. The van der Waals surface area contributed by atoms with Crippen LogP contribution in [-0.2, 0) is 14.8 Å². The van der Waals surface area contributed by atoms with Crippen LogP contribution in [0.1, 0.15) is 20.7 Å². The molecule has 1 heterocycles. The Hall–Kier alpha value is -2.32. The molecule has 0 saturated carbocycles. The van der Waals surface area contributed by atoms with Gasteiger partial charge in [-0.1, -0.05) is 28.2 Å². The Labute approximate surface area is 112 Å². The molecule has 20 heavy (non-hydrogen) atoms. The maximum absolute atomic E-state index is 12.6. The molecule has 0 fully saturated rings. The number of carbonyl (C=O) groups is 2. The third-order valence-electron chi connectivity index (χ3n) is 2.90. The molecule has 0 N–H and O–H groups in total. The summed E-state index contributed by atoms with van der Waals surface area (Å²) in [5.41, 5.74) is 0.141. The third-order valence-corrected chi connectivity index (χ3v) is 3.23. The van der Waals surface area contributed by atoms with Gasteiger partial charge in [-0.05, 0) is 17.5 Å². The van der Waals surface area contributed by atoms with Crippen molar-refractivity contribution in [3.8, 4) is 0 Å². The molecule has 0 atom stereocenters. The summed E-state index contributed by atoms with van der Waals surface area (Å²) in [4.78, 5) is 24.1. The standard InChI is InChI=1S/C12H6FNO5S/c13-20(17,18)19-14-11(15)8-5-1-3-7-4-2-6-9(10(7)8)12(14)16/h1-6H. The number of hydrogen-bond donors (Lipinski definition) is 0. The largest absolute Gasteiger partial charge is 0.459 e. The van der Waals surface area contributed by atoms with Crippen molar-refractivity contribution in [1.82, 2.24) is 5.06 Å². The molecule has 0 aromatic heterocycles. The number of hydroxylamine groups is 2. The van der Waals surface area contributed by atoms with Crippen molar-refractivity contribution in [3.63, 3.8) is 0 Å². The van der Waals surface area contributed by atoms with Gasteiger partial charge in [0.25, 0.3) is 11.8 Å². The highest BCUT2D eigenvalue weighted by molar-refractivity contribution is 7.81. The lowest BCUT2D eigenvalue weighted by atomic mass is 9.95. The molecule has 1 aliphatic heterocycles. The Morgan fingerprint density at radius 3 is 1.90 bits per heavy atom. The SMILES string of the molecule is O=C1c2cccc3cccc(c23)C(=O)N1OS(=O)(=O)F. The molecule has 0 bridgehead atoms. The van der Waals surface area contributed by atoms with Crippen LogP contribution >= 0.6 is 0 Å². The van der Waals surface area contributed by atoms with Gasteiger partial charge in [0, 0.05) is 5.39 Å². The first-order valence-electron chi connectivity index (χ1n) is 5.43. The molecular formula is C12H6FNO5S. The fourth-order valence-corrected chi connectivity index (χ4v) is 2.48. The van der Waals surface area contributed by atoms with Gasteiger partial charge in [0.05, 0.1) is 11.1 Å². The molecule has 2 aromatic rings. The number of benzene rings is 2. The highest BCUT2D eigenvalue weighted by Crippen LogP contribution is 2.30. The van der Waals surface area contributed by atoms with Crippen LogP contribution < -0.4 is 0 Å². The second kappa shape index (κ2) is 4.09. The summed E-state index contributed by atoms with van der Waals surface area (Å²) >= 11 is 0. The summed E-state index contributed by atoms with van der Waals surface area (Å²) in [7, 11) is -5.48. The average molecular weight is 295 g/mol. The molecule has 6 nitrogen and oxygen atoms in total. The van der Waals surface area contributed by atoms with E-state index in [-0.39, 0.29) is 16.2 Å². The molecule has 0 unspecified atom stereocenters. The molecule has 102 valence electrons. The van der Waals surface area contributed by atoms with Crippen molar-refractivity contribution >= 4 is 33.1 Å². The zero-order valence-electron chi connectivity index (χ0n) is 9.74. The Bertz CT molecular complexity index is 811. The van der Waals surface area contributed by atoms with Crippen LogP contribution in [0.25, 0.3) is 10.8 Å². The Balaban J connectivity index is 2.26. The Kier molecular flexibility index (Phi) is 2.59. The molecule has 2 aromatic carbocycles. The Morgan fingerprint density at radius 2 is 1.45 bits per heavy atom. The average Bonchev–Trinajstić information content (AvgIpc) is 2.39. The summed E-state index contributed by atoms with van der Waals surface area (Å²) in [6.07, 6.45) is 0. The van der Waals surface area contributed by atoms with E-state index < -0.39 is 22.3 Å². The topological polar surface area (TPSA) is 80.8 Å². The van der Waals surface area contributed by atoms with E-state index in [1.54, 1.807) is 24.3 Å². The molecule has 0 aliphatic carbocycles. The van der Waals surface area contributed by atoms with Crippen molar-refractivity contribution in [2.24, 2.45) is 0 Å². The van der Waals surface area contributed by atoms with Crippen molar-refractivity contribution < 1.29 is 26.2 Å². The summed E-state index contributed by atoms with van der Waals surface area (Å²) in [5.74, 6) is -2.05. The van der Waals surface area contributed by atoms with Crippen molar-refractivity contribution in [1.29, 1.82) is 0 Å². The molecule has 0 spiro atoms. The lowest BCUT2D eigenvalue weighted by Gasteiger charge is -2.23. The maximum atomic E-state index is 12.6. The van der Waals surface area contributed by atoms with E-state index in [1.165, 1.54) is 12.1 Å². The molecule has 0 saturated heterocycles. The van der Waals surface area contributed by atoms with E-state index in [9.17, 15) is 21.9 Å². The van der Waals surface area contributed by atoms with E-state index in [1.807, 2.05) is 0 Å². The summed E-state index contributed by atoms with van der Waals surface area (Å²) in [5, 5.41) is 0.942. The van der Waals surface area contributed by atoms with Crippen LogP contribution in [0, 0.1) is 0 Å². The number of amides is 2. The fourth-order valence-electron chi connectivity index (χ4n) is 2.17. The van der Waals surface area contributed by atoms with E-state index in [0.29, 0.717) is 10.8 Å². The molecule has 1 aliphatic rings. The van der Waals surface area contributed by atoms with Gasteiger partial charge in [-0.15, -0.1) is 9.35 Å². The predicted molar refractivity (Wildman–Crippen MR) is 65.6 cm³/mol. The van der Waals surface area contributed by atoms with Crippen LogP contribution in [0.3, 0.4) is 0 Å². The summed E-state index contributed by atoms with van der Waals surface area (Å²) in [6, 6.07) is 9.34. The lowest BCUT2D eigenvalue weighted by Crippen LogP contribution is -2.41. The maximum Gasteiger partial charge on any atom is 0.459 e. The summed E-state index contributed by atoms with van der Waals surface area (Å²) < 4.78 is 37.4. The number of imide groups is 1. The van der Waals surface area contributed by atoms with Crippen molar-refractivity contribution in [2.45, 2.75) is 0 Å². The number of halogens is 1. The van der Waals surface area contributed by atoms with Crippen molar-refractivity contribution in [2.75, 3.05) is 0 Å². The minimum atomic E-state index is -5.48. The minimum absolute atomic E-state index is 0.0707. The first-order chi connectivity index (χ1) is 9.38. The van der Waals surface area contributed by atoms with Crippen LogP contribution in [0.5, 0.6) is 0 Å². The van der Waals surface area contributed by atoms with Crippen LogP contribution in [0.2, 0.25) is 0 Å². The van der Waals surface area contributed by atoms with Gasteiger partial charge in [-0.2, -0.15) is 8.42 Å². The third kappa shape index (κ3) is 1.86. The second-order valence-electron chi connectivity index (χ2n) is 4.08. The normalized spacial score (nSPS) is 14.9. The van der Waals surface area contributed by atoms with Crippen LogP contribution in [0.4, 0.5) is 3.89 Å². The minimum Gasteiger partial charge on any atom is -0.266 e. The van der Waals surface area contributed by atoms with E-state index >= 15 is 0 Å². The highest BCUT2D eigenvalue weighted by Gasteiger charge is 2.37. The summed E-state index contributed by atoms with van der Waals surface area (Å²) in [6.45, 7) is 0. The smallest absolute Gasteiger partial charge is 0.266 e. The number of hydrogen-bond acceptors (Lipinski definition) is 5. The van der Waals surface area contributed by atoms with Crippen molar-refractivity contribution in [3.05, 3.63) is 47.5 Å². The second-order valence-corrected chi connectivity index (χ2v) is 5.02. The Morgan fingerprint density at radius 1 is 0.950 bits per heavy atom. The number of carbonyl (C=O) groups excluding carboxylic acids is 2. The van der Waals surface area contributed by atoms with Crippen LogP contribution in [-0.4, -0.2) is 25.3 Å². The van der Waals surface area contributed by atoms with Gasteiger partial charge in [-0.3, -0.25) is 9.59 Å². The fraction of sp³-hybridized carbons (Fsp3) is 0. The van der Waals surface area contributed by atoms with Gasteiger partial charge >= 0.3 is 10.5 Å². The highest BCUT2D eigenvalue weighted by atomic mass is 32.3. The molecular weight excluding hydrogens is 289 g/mol. The predicted octanol–water partition coefficient (Wildman–Crippen LogP) is 1.58. The molecule has 3 rings (SSSR count). The van der Waals surface area contributed by atoms with E-state index in [4.69, 9.17) is 0 Å². The first kappa shape index (κ1) is 12.7. The van der Waals surface area contributed by atoms with Gasteiger partial charge in [-0.25, -0.2) is 0 Å². The number of rotatable bonds is 2. The van der Waals surface area contributed by atoms with Gasteiger partial charge in [0.15, 0.2) is 0 Å². The zero-order chi connectivity index (χ0) is 14.5. The van der Waals surface area contributed by atoms with Gasteiger partial charge < -0.3 is 0 Å². The lowest BCUT2D eigenvalue weighted by molar-refractivity contribution is -0.0190. The van der Waals surface area contributed by atoms with Gasteiger partial charge in [0.2, 0.25) is 0 Å². The molecule has 8 heteroatoms.